The number of aromatic nitrogens is 1. The molecule has 0 bridgehead atoms. The number of methoxy groups -OCH3 is 1. The SMILES string of the molecule is COc1cc(C=O)c(Br)cc1OCc1ccccn1. The number of ether oxygens (including phenoxy) is 2. The van der Waals surface area contributed by atoms with Gasteiger partial charge in [-0.3, -0.25) is 9.78 Å². The molecule has 5 heteroatoms. The molecule has 0 amide bonds. The number of benzene rings is 1. The Labute approximate surface area is 119 Å². The van der Waals surface area contributed by atoms with Gasteiger partial charge in [0.2, 0.25) is 0 Å². The van der Waals surface area contributed by atoms with Crippen molar-refractivity contribution in [1.29, 1.82) is 0 Å². The van der Waals surface area contributed by atoms with Gasteiger partial charge in [-0.15, -0.1) is 0 Å². The molecule has 2 rings (SSSR count). The number of hydrogen-bond donors (Lipinski definition) is 0. The summed E-state index contributed by atoms with van der Waals surface area (Å²) in [7, 11) is 1.53. The van der Waals surface area contributed by atoms with Crippen LogP contribution < -0.4 is 9.47 Å². The highest BCUT2D eigenvalue weighted by Gasteiger charge is 2.10. The minimum absolute atomic E-state index is 0.337. The van der Waals surface area contributed by atoms with Crippen molar-refractivity contribution in [2.45, 2.75) is 6.61 Å². The summed E-state index contributed by atoms with van der Waals surface area (Å²) >= 11 is 3.31. The average molecular weight is 322 g/mol. The number of rotatable bonds is 5. The van der Waals surface area contributed by atoms with Gasteiger partial charge in [0.1, 0.15) is 6.61 Å². The van der Waals surface area contributed by atoms with Crippen molar-refractivity contribution in [2.24, 2.45) is 0 Å². The van der Waals surface area contributed by atoms with Gasteiger partial charge >= 0.3 is 0 Å². The van der Waals surface area contributed by atoms with Crippen LogP contribution in [0.25, 0.3) is 0 Å². The van der Waals surface area contributed by atoms with E-state index in [1.165, 1.54) is 7.11 Å². The summed E-state index contributed by atoms with van der Waals surface area (Å²) in [5.41, 5.74) is 1.34. The molecule has 0 saturated heterocycles. The zero-order chi connectivity index (χ0) is 13.7. The van der Waals surface area contributed by atoms with Gasteiger partial charge in [0.25, 0.3) is 0 Å². The summed E-state index contributed by atoms with van der Waals surface area (Å²) in [5.74, 6) is 1.08. The van der Waals surface area contributed by atoms with Crippen LogP contribution in [0.15, 0.2) is 41.0 Å². The lowest BCUT2D eigenvalue weighted by Crippen LogP contribution is -2.00. The molecule has 19 heavy (non-hydrogen) atoms. The van der Waals surface area contributed by atoms with Crippen molar-refractivity contribution in [1.82, 2.24) is 4.98 Å². The molecule has 1 aromatic heterocycles. The number of aldehydes is 1. The van der Waals surface area contributed by atoms with E-state index in [0.717, 1.165) is 12.0 Å². The van der Waals surface area contributed by atoms with Crippen LogP contribution in [-0.4, -0.2) is 18.4 Å². The Kier molecular flexibility index (Phi) is 4.52. The Morgan fingerprint density at radius 1 is 1.32 bits per heavy atom. The van der Waals surface area contributed by atoms with Crippen LogP contribution in [0, 0.1) is 0 Å². The van der Waals surface area contributed by atoms with Gasteiger partial charge in [0.15, 0.2) is 17.8 Å². The van der Waals surface area contributed by atoms with Gasteiger partial charge in [-0.2, -0.15) is 0 Å². The first-order chi connectivity index (χ1) is 9.24. The number of carbonyl (C=O) groups is 1. The molecule has 4 nitrogen and oxygen atoms in total. The Bertz CT molecular complexity index is 572. The predicted octanol–water partition coefficient (Wildman–Crippen LogP) is 3.24. The number of halogens is 1. The number of hydrogen-bond acceptors (Lipinski definition) is 4. The first-order valence-corrected chi connectivity index (χ1v) is 6.39. The second kappa shape index (κ2) is 6.33. The van der Waals surface area contributed by atoms with Crippen molar-refractivity contribution in [3.8, 4) is 11.5 Å². The van der Waals surface area contributed by atoms with Crippen molar-refractivity contribution in [2.75, 3.05) is 7.11 Å². The highest BCUT2D eigenvalue weighted by Crippen LogP contribution is 2.33. The second-order valence-corrected chi connectivity index (χ2v) is 4.61. The van der Waals surface area contributed by atoms with E-state index in [4.69, 9.17) is 9.47 Å². The predicted molar refractivity (Wildman–Crippen MR) is 74.7 cm³/mol. The number of nitrogens with zero attached hydrogens (tertiary/aromatic N) is 1. The molecule has 2 aromatic rings. The molecule has 0 N–H and O–H groups in total. The zero-order valence-corrected chi connectivity index (χ0v) is 11.9. The van der Waals surface area contributed by atoms with Crippen molar-refractivity contribution < 1.29 is 14.3 Å². The Balaban J connectivity index is 2.20. The maximum atomic E-state index is 10.8. The highest BCUT2D eigenvalue weighted by atomic mass is 79.9. The fourth-order valence-electron chi connectivity index (χ4n) is 1.55. The van der Waals surface area contributed by atoms with Gasteiger partial charge in [-0.05, 0) is 40.2 Å². The monoisotopic (exact) mass is 321 g/mol. The van der Waals surface area contributed by atoms with E-state index in [9.17, 15) is 4.79 Å². The van der Waals surface area contributed by atoms with Crippen molar-refractivity contribution in [3.63, 3.8) is 0 Å². The lowest BCUT2D eigenvalue weighted by Gasteiger charge is -2.11. The van der Waals surface area contributed by atoms with E-state index in [1.807, 2.05) is 18.2 Å². The number of pyridine rings is 1. The van der Waals surface area contributed by atoms with E-state index in [2.05, 4.69) is 20.9 Å². The molecule has 0 spiro atoms. The van der Waals surface area contributed by atoms with Crippen LogP contribution in [0.2, 0.25) is 0 Å². The molecule has 0 unspecified atom stereocenters. The van der Waals surface area contributed by atoms with E-state index in [-0.39, 0.29) is 0 Å². The molecule has 0 radical (unpaired) electrons. The standard InChI is InChI=1S/C14H12BrNO3/c1-18-13-6-10(8-17)12(15)7-14(13)19-9-11-4-2-3-5-16-11/h2-8H,9H2,1H3. The highest BCUT2D eigenvalue weighted by molar-refractivity contribution is 9.10. The summed E-state index contributed by atoms with van der Waals surface area (Å²) < 4.78 is 11.5. The first-order valence-electron chi connectivity index (χ1n) is 5.60. The van der Waals surface area contributed by atoms with Crippen LogP contribution >= 0.6 is 15.9 Å². The Morgan fingerprint density at radius 2 is 2.16 bits per heavy atom. The van der Waals surface area contributed by atoms with E-state index >= 15 is 0 Å². The summed E-state index contributed by atoms with van der Waals surface area (Å²) in [6, 6.07) is 8.96. The second-order valence-electron chi connectivity index (χ2n) is 3.75. The summed E-state index contributed by atoms with van der Waals surface area (Å²) in [6.45, 7) is 0.337. The average Bonchev–Trinajstić information content (AvgIpc) is 2.46. The molecule has 0 fully saturated rings. The van der Waals surface area contributed by atoms with Crippen LogP contribution in [0.5, 0.6) is 11.5 Å². The van der Waals surface area contributed by atoms with Crippen LogP contribution in [0.4, 0.5) is 0 Å². The molecule has 0 aliphatic rings. The maximum Gasteiger partial charge on any atom is 0.162 e. The lowest BCUT2D eigenvalue weighted by atomic mass is 10.2. The molecule has 0 saturated carbocycles. The fraction of sp³-hybridized carbons (Fsp3) is 0.143. The minimum Gasteiger partial charge on any atom is -0.493 e. The van der Waals surface area contributed by atoms with E-state index in [1.54, 1.807) is 18.3 Å². The Morgan fingerprint density at radius 3 is 2.79 bits per heavy atom. The number of carbonyl (C=O) groups excluding carboxylic acids is 1. The quantitative estimate of drug-likeness (QED) is 0.793. The molecule has 0 aliphatic heterocycles. The summed E-state index contributed by atoms with van der Waals surface area (Å²) in [5, 5.41) is 0. The zero-order valence-electron chi connectivity index (χ0n) is 10.3. The van der Waals surface area contributed by atoms with Crippen LogP contribution in [-0.2, 0) is 6.61 Å². The third-order valence-corrected chi connectivity index (χ3v) is 3.20. The third-order valence-electron chi connectivity index (χ3n) is 2.51. The molecule has 1 heterocycles. The molecule has 1 aromatic carbocycles. The topological polar surface area (TPSA) is 48.4 Å². The summed E-state index contributed by atoms with van der Waals surface area (Å²) in [6.07, 6.45) is 2.47. The lowest BCUT2D eigenvalue weighted by molar-refractivity contribution is 0.112. The normalized spacial score (nSPS) is 10.0. The Hall–Kier alpha value is -1.88. The minimum atomic E-state index is 0.337. The van der Waals surface area contributed by atoms with Gasteiger partial charge in [0.05, 0.1) is 12.8 Å². The van der Waals surface area contributed by atoms with Gasteiger partial charge in [0, 0.05) is 16.2 Å². The van der Waals surface area contributed by atoms with E-state index in [0.29, 0.717) is 28.1 Å². The van der Waals surface area contributed by atoms with E-state index < -0.39 is 0 Å². The molecule has 98 valence electrons. The van der Waals surface area contributed by atoms with Crippen molar-refractivity contribution >= 4 is 22.2 Å². The summed E-state index contributed by atoms with van der Waals surface area (Å²) in [4.78, 5) is 15.0. The third kappa shape index (κ3) is 3.32. The van der Waals surface area contributed by atoms with Gasteiger partial charge < -0.3 is 9.47 Å². The van der Waals surface area contributed by atoms with Gasteiger partial charge in [-0.25, -0.2) is 0 Å². The van der Waals surface area contributed by atoms with Gasteiger partial charge in [-0.1, -0.05) is 6.07 Å². The molecule has 0 atom stereocenters. The molecular weight excluding hydrogens is 310 g/mol. The largest absolute Gasteiger partial charge is 0.493 e. The van der Waals surface area contributed by atoms with Crippen molar-refractivity contribution in [3.05, 3.63) is 52.3 Å². The fourth-order valence-corrected chi connectivity index (χ4v) is 1.96. The smallest absolute Gasteiger partial charge is 0.162 e. The first kappa shape index (κ1) is 13.5. The van der Waals surface area contributed by atoms with Crippen LogP contribution in [0.3, 0.4) is 0 Å². The van der Waals surface area contributed by atoms with Crippen LogP contribution in [0.1, 0.15) is 16.1 Å². The molecule has 0 aliphatic carbocycles. The maximum absolute atomic E-state index is 10.8. The molecular formula is C14H12BrNO3.